The number of allylic oxidation sites excluding steroid dienone is 3. The topological polar surface area (TPSA) is 52.6 Å². The number of rotatable bonds is 16. The maximum atomic E-state index is 12.8. The molecule has 4 nitrogen and oxygen atoms in total. The molecule has 0 fully saturated rings. The summed E-state index contributed by atoms with van der Waals surface area (Å²) in [5, 5.41) is 0. The standard InChI is InChI=1S/C32H42O4/c1-5-14-30(35-24-33)20-13-12-15-25(2)21-26(3)22-27(4)23-31(34)36-32(28-16-8-6-9-17-28)29-18-10-7-11-19-29/h6-11,16-19,22-25,30,32H,5,12-15,20-21H2,1-4H3/b26-22+,27-23+/t25-,30+/m1/s1. The largest absolute Gasteiger partial charge is 0.465 e. The van der Waals surface area contributed by atoms with Crippen molar-refractivity contribution < 1.29 is 19.1 Å². The van der Waals surface area contributed by atoms with Crippen LogP contribution in [0.4, 0.5) is 0 Å². The molecule has 2 atom stereocenters. The fourth-order valence-electron chi connectivity index (χ4n) is 4.61. The Labute approximate surface area is 217 Å². The van der Waals surface area contributed by atoms with E-state index >= 15 is 0 Å². The summed E-state index contributed by atoms with van der Waals surface area (Å²) in [6, 6.07) is 19.6. The Morgan fingerprint density at radius 2 is 1.44 bits per heavy atom. The summed E-state index contributed by atoms with van der Waals surface area (Å²) in [6.07, 6.45) is 10.5. The molecule has 2 aromatic carbocycles. The predicted octanol–water partition coefficient (Wildman–Crippen LogP) is 8.14. The third kappa shape index (κ3) is 11.1. The van der Waals surface area contributed by atoms with Gasteiger partial charge in [-0.1, -0.05) is 105 Å². The van der Waals surface area contributed by atoms with Crippen LogP contribution in [-0.2, 0) is 19.1 Å². The number of unbranched alkanes of at least 4 members (excludes halogenated alkanes) is 1. The molecular weight excluding hydrogens is 448 g/mol. The molecule has 0 radical (unpaired) electrons. The van der Waals surface area contributed by atoms with Crippen LogP contribution in [-0.4, -0.2) is 18.5 Å². The Kier molecular flexibility index (Phi) is 13.3. The number of hydrogen-bond donors (Lipinski definition) is 0. The summed E-state index contributed by atoms with van der Waals surface area (Å²) in [6.45, 7) is 9.01. The summed E-state index contributed by atoms with van der Waals surface area (Å²) in [5.41, 5.74) is 4.03. The molecule has 0 unspecified atom stereocenters. The molecule has 194 valence electrons. The summed E-state index contributed by atoms with van der Waals surface area (Å²) in [5.74, 6) is 0.208. The first-order chi connectivity index (χ1) is 17.4. The van der Waals surface area contributed by atoms with E-state index in [0.717, 1.165) is 61.6 Å². The average Bonchev–Trinajstić information content (AvgIpc) is 2.86. The fraction of sp³-hybridized carbons (Fsp3) is 0.438. The molecule has 2 rings (SSSR count). The Balaban J connectivity index is 1.88. The Morgan fingerprint density at radius 3 is 2.00 bits per heavy atom. The maximum absolute atomic E-state index is 12.8. The van der Waals surface area contributed by atoms with Crippen molar-refractivity contribution in [2.75, 3.05) is 0 Å². The molecule has 0 aliphatic carbocycles. The second kappa shape index (κ2) is 16.5. The van der Waals surface area contributed by atoms with Crippen molar-refractivity contribution in [3.63, 3.8) is 0 Å². The fourth-order valence-corrected chi connectivity index (χ4v) is 4.61. The van der Waals surface area contributed by atoms with Gasteiger partial charge in [-0.25, -0.2) is 4.79 Å². The van der Waals surface area contributed by atoms with Gasteiger partial charge < -0.3 is 9.47 Å². The first kappa shape index (κ1) is 29.1. The molecule has 0 aliphatic heterocycles. The normalized spacial score (nSPS) is 13.8. The quantitative estimate of drug-likeness (QED) is 0.0783. The van der Waals surface area contributed by atoms with Gasteiger partial charge in [0.05, 0.1) is 0 Å². The number of ether oxygens (including phenoxy) is 2. The highest BCUT2D eigenvalue weighted by Gasteiger charge is 2.18. The van der Waals surface area contributed by atoms with Crippen LogP contribution in [0.1, 0.15) is 89.9 Å². The lowest BCUT2D eigenvalue weighted by Crippen LogP contribution is -2.11. The van der Waals surface area contributed by atoms with Crippen LogP contribution in [0, 0.1) is 5.92 Å². The zero-order valence-corrected chi connectivity index (χ0v) is 22.3. The molecule has 0 aromatic heterocycles. The first-order valence-corrected chi connectivity index (χ1v) is 13.2. The molecular formula is C32H42O4. The average molecular weight is 491 g/mol. The van der Waals surface area contributed by atoms with Gasteiger partial charge in [0.25, 0.3) is 6.47 Å². The van der Waals surface area contributed by atoms with Crippen molar-refractivity contribution >= 4 is 12.4 Å². The second-order valence-corrected chi connectivity index (χ2v) is 9.75. The van der Waals surface area contributed by atoms with Crippen LogP contribution < -0.4 is 0 Å². The van der Waals surface area contributed by atoms with E-state index in [4.69, 9.17) is 9.47 Å². The van der Waals surface area contributed by atoms with Crippen molar-refractivity contribution in [2.24, 2.45) is 5.92 Å². The lowest BCUT2D eigenvalue weighted by molar-refractivity contribution is -0.141. The molecule has 0 heterocycles. The Hall–Kier alpha value is -3.14. The first-order valence-electron chi connectivity index (χ1n) is 13.2. The molecule has 4 heteroatoms. The smallest absolute Gasteiger partial charge is 0.331 e. The molecule has 2 aromatic rings. The van der Waals surface area contributed by atoms with Crippen molar-refractivity contribution in [2.45, 2.75) is 84.8 Å². The van der Waals surface area contributed by atoms with Crippen molar-refractivity contribution in [1.82, 2.24) is 0 Å². The van der Waals surface area contributed by atoms with Crippen LogP contribution in [0.5, 0.6) is 0 Å². The van der Waals surface area contributed by atoms with Gasteiger partial charge in [-0.15, -0.1) is 0 Å². The van der Waals surface area contributed by atoms with Gasteiger partial charge in [0.2, 0.25) is 0 Å². The van der Waals surface area contributed by atoms with E-state index < -0.39 is 6.10 Å². The van der Waals surface area contributed by atoms with Gasteiger partial charge in [-0.05, 0) is 62.1 Å². The van der Waals surface area contributed by atoms with E-state index in [2.05, 4.69) is 26.8 Å². The minimum Gasteiger partial charge on any atom is -0.465 e. The summed E-state index contributed by atoms with van der Waals surface area (Å²) in [4.78, 5) is 23.4. The lowest BCUT2D eigenvalue weighted by Gasteiger charge is -2.18. The van der Waals surface area contributed by atoms with E-state index in [1.165, 1.54) is 5.57 Å². The van der Waals surface area contributed by atoms with E-state index in [-0.39, 0.29) is 12.1 Å². The Bertz CT molecular complexity index is 923. The van der Waals surface area contributed by atoms with Crippen molar-refractivity contribution in [3.8, 4) is 0 Å². The molecule has 0 amide bonds. The molecule has 0 aliphatic rings. The van der Waals surface area contributed by atoms with Gasteiger partial charge in [0.15, 0.2) is 6.10 Å². The van der Waals surface area contributed by atoms with Crippen molar-refractivity contribution in [3.05, 3.63) is 95.1 Å². The molecule has 0 saturated carbocycles. The molecule has 0 bridgehead atoms. The van der Waals surface area contributed by atoms with Gasteiger partial charge >= 0.3 is 5.97 Å². The van der Waals surface area contributed by atoms with E-state index in [1.807, 2.05) is 67.6 Å². The highest BCUT2D eigenvalue weighted by molar-refractivity contribution is 5.83. The predicted molar refractivity (Wildman–Crippen MR) is 146 cm³/mol. The molecule has 0 saturated heterocycles. The molecule has 36 heavy (non-hydrogen) atoms. The number of hydrogen-bond acceptors (Lipinski definition) is 4. The maximum Gasteiger partial charge on any atom is 0.331 e. The summed E-state index contributed by atoms with van der Waals surface area (Å²) in [7, 11) is 0. The minimum absolute atomic E-state index is 0.0559. The summed E-state index contributed by atoms with van der Waals surface area (Å²) < 4.78 is 11.1. The lowest BCUT2D eigenvalue weighted by atomic mass is 9.94. The number of carbonyl (C=O) groups excluding carboxylic acids is 2. The van der Waals surface area contributed by atoms with E-state index in [9.17, 15) is 9.59 Å². The molecule has 0 N–H and O–H groups in total. The van der Waals surface area contributed by atoms with Crippen LogP contribution in [0.3, 0.4) is 0 Å². The molecule has 0 spiro atoms. The SMILES string of the molecule is CCC[C@@H](CCCC[C@@H](C)C/C(C)=C/C(C)=C/C(=O)OC(c1ccccc1)c1ccccc1)OC=O. The van der Waals surface area contributed by atoms with E-state index in [1.54, 1.807) is 6.08 Å². The summed E-state index contributed by atoms with van der Waals surface area (Å²) >= 11 is 0. The van der Waals surface area contributed by atoms with Crippen LogP contribution in [0.2, 0.25) is 0 Å². The monoisotopic (exact) mass is 490 g/mol. The van der Waals surface area contributed by atoms with Crippen LogP contribution >= 0.6 is 0 Å². The van der Waals surface area contributed by atoms with Crippen molar-refractivity contribution in [1.29, 1.82) is 0 Å². The zero-order valence-electron chi connectivity index (χ0n) is 22.3. The number of carbonyl (C=O) groups is 2. The van der Waals surface area contributed by atoms with Crippen LogP contribution in [0.25, 0.3) is 0 Å². The highest BCUT2D eigenvalue weighted by atomic mass is 16.5. The van der Waals surface area contributed by atoms with Gasteiger partial charge in [-0.3, -0.25) is 4.79 Å². The van der Waals surface area contributed by atoms with E-state index in [0.29, 0.717) is 12.4 Å². The Morgan fingerprint density at radius 1 is 0.861 bits per heavy atom. The highest BCUT2D eigenvalue weighted by Crippen LogP contribution is 2.26. The van der Waals surface area contributed by atoms with Gasteiger partial charge in [-0.2, -0.15) is 0 Å². The number of benzene rings is 2. The number of esters is 1. The third-order valence-corrected chi connectivity index (χ3v) is 6.26. The van der Waals surface area contributed by atoms with Gasteiger partial charge in [0.1, 0.15) is 6.10 Å². The zero-order chi connectivity index (χ0) is 26.2. The second-order valence-electron chi connectivity index (χ2n) is 9.75. The minimum atomic E-state index is -0.442. The van der Waals surface area contributed by atoms with Crippen LogP contribution in [0.15, 0.2) is 84.0 Å². The van der Waals surface area contributed by atoms with Gasteiger partial charge in [0, 0.05) is 6.08 Å². The third-order valence-electron chi connectivity index (χ3n) is 6.26.